The number of rotatable bonds is 5. The standard InChI is InChI=1S/C24H25N7O4/c1-14-18(5-6-19-20(14)12-35-24(19)34)21(32)11-30-16-3-4-17(30)10-29(9-16)23(33)15-2-7-22(25-8-15)31-13-26-27-28-31/h2,5-8,13,16-17,21,32H,3-4,9-12H2,1H3/t16-,17+,21-/m0/s1. The summed E-state index contributed by atoms with van der Waals surface area (Å²) in [5.74, 6) is 0.198. The van der Waals surface area contributed by atoms with E-state index in [9.17, 15) is 14.7 Å². The first-order chi connectivity index (χ1) is 17.0. The number of aromatic nitrogens is 5. The Morgan fingerprint density at radius 2 is 2.00 bits per heavy atom. The van der Waals surface area contributed by atoms with Crippen molar-refractivity contribution in [3.8, 4) is 5.82 Å². The number of carbonyl (C=O) groups excluding carboxylic acids is 2. The molecular formula is C24H25N7O4. The van der Waals surface area contributed by atoms with Crippen LogP contribution in [0.1, 0.15) is 56.4 Å². The summed E-state index contributed by atoms with van der Waals surface area (Å²) in [6, 6.07) is 7.44. The minimum absolute atomic E-state index is 0.0444. The molecule has 1 aromatic carbocycles. The van der Waals surface area contributed by atoms with Gasteiger partial charge in [0.25, 0.3) is 5.91 Å². The average Bonchev–Trinajstić information content (AvgIpc) is 3.58. The maximum Gasteiger partial charge on any atom is 0.338 e. The molecule has 5 heterocycles. The first kappa shape index (κ1) is 21.8. The van der Waals surface area contributed by atoms with Crippen molar-refractivity contribution in [1.82, 2.24) is 35.0 Å². The monoisotopic (exact) mass is 475 g/mol. The zero-order valence-electron chi connectivity index (χ0n) is 19.2. The van der Waals surface area contributed by atoms with Crippen molar-refractivity contribution >= 4 is 11.9 Å². The van der Waals surface area contributed by atoms with Crippen LogP contribution < -0.4 is 0 Å². The van der Waals surface area contributed by atoms with Crippen LogP contribution in [0.25, 0.3) is 5.82 Å². The predicted molar refractivity (Wildman–Crippen MR) is 122 cm³/mol. The van der Waals surface area contributed by atoms with E-state index in [1.807, 2.05) is 17.9 Å². The Balaban J connectivity index is 1.13. The molecule has 1 amide bonds. The lowest BCUT2D eigenvalue weighted by molar-refractivity contribution is 0.0233. The molecule has 0 aliphatic carbocycles. The van der Waals surface area contributed by atoms with Crippen LogP contribution in [0.5, 0.6) is 0 Å². The van der Waals surface area contributed by atoms with Crippen molar-refractivity contribution in [2.24, 2.45) is 0 Å². The maximum absolute atomic E-state index is 13.2. The number of nitrogens with zero attached hydrogens (tertiary/aromatic N) is 7. The lowest BCUT2D eigenvalue weighted by Gasteiger charge is -2.42. The quantitative estimate of drug-likeness (QED) is 0.539. The number of ether oxygens (including phenoxy) is 1. The number of hydrogen-bond donors (Lipinski definition) is 1. The molecule has 3 aliphatic rings. The number of aliphatic hydroxyl groups excluding tert-OH is 1. The SMILES string of the molecule is Cc1c([C@@H](O)CN2[C@@H]3CC[C@H]2CN(C(=O)c2ccc(-n4cnnn4)nc2)C3)ccc2c1COC2=O. The fraction of sp³-hybridized carbons (Fsp3) is 0.417. The lowest BCUT2D eigenvalue weighted by atomic mass is 9.95. The van der Waals surface area contributed by atoms with Crippen LogP contribution in [0.4, 0.5) is 0 Å². The number of aliphatic hydroxyl groups is 1. The Morgan fingerprint density at radius 3 is 2.69 bits per heavy atom. The van der Waals surface area contributed by atoms with E-state index >= 15 is 0 Å². The highest BCUT2D eigenvalue weighted by Gasteiger charge is 2.42. The summed E-state index contributed by atoms with van der Waals surface area (Å²) in [6.45, 7) is 3.92. The normalized spacial score (nSPS) is 22.2. The first-order valence-electron chi connectivity index (χ1n) is 11.7. The summed E-state index contributed by atoms with van der Waals surface area (Å²) >= 11 is 0. The van der Waals surface area contributed by atoms with Gasteiger partial charge in [0, 0.05) is 43.5 Å². The third-order valence-electron chi connectivity index (χ3n) is 7.45. The molecule has 3 aliphatic heterocycles. The van der Waals surface area contributed by atoms with Crippen molar-refractivity contribution in [2.75, 3.05) is 19.6 Å². The Hall–Kier alpha value is -3.70. The minimum Gasteiger partial charge on any atom is -0.457 e. The van der Waals surface area contributed by atoms with Crippen molar-refractivity contribution in [3.05, 3.63) is 64.6 Å². The number of carbonyl (C=O) groups is 2. The van der Waals surface area contributed by atoms with E-state index in [4.69, 9.17) is 4.74 Å². The van der Waals surface area contributed by atoms with Crippen LogP contribution in [0.15, 0.2) is 36.8 Å². The molecule has 1 N–H and O–H groups in total. The minimum atomic E-state index is -0.677. The summed E-state index contributed by atoms with van der Waals surface area (Å²) < 4.78 is 6.58. The number of fused-ring (bicyclic) bond motifs is 3. The molecule has 6 rings (SSSR count). The zero-order valence-corrected chi connectivity index (χ0v) is 19.2. The molecule has 0 unspecified atom stereocenters. The van der Waals surface area contributed by atoms with Gasteiger partial charge in [-0.2, -0.15) is 4.68 Å². The van der Waals surface area contributed by atoms with Gasteiger partial charge in [0.2, 0.25) is 0 Å². The van der Waals surface area contributed by atoms with E-state index in [2.05, 4.69) is 25.4 Å². The summed E-state index contributed by atoms with van der Waals surface area (Å²) in [7, 11) is 0. The number of piperazine rings is 1. The molecule has 3 aromatic rings. The number of benzene rings is 1. The van der Waals surface area contributed by atoms with E-state index in [1.165, 1.54) is 11.0 Å². The van der Waals surface area contributed by atoms with Crippen LogP contribution >= 0.6 is 0 Å². The van der Waals surface area contributed by atoms with Gasteiger partial charge in [0.15, 0.2) is 5.82 Å². The summed E-state index contributed by atoms with van der Waals surface area (Å²) in [6.07, 6.45) is 4.31. The molecule has 0 spiro atoms. The first-order valence-corrected chi connectivity index (χ1v) is 11.7. The molecule has 2 fully saturated rings. The highest BCUT2D eigenvalue weighted by Crippen LogP contribution is 2.34. The molecule has 3 atom stereocenters. The maximum atomic E-state index is 13.2. The largest absolute Gasteiger partial charge is 0.457 e. The Kier molecular flexibility index (Phi) is 5.30. The van der Waals surface area contributed by atoms with Gasteiger partial charge in [-0.15, -0.1) is 5.10 Å². The molecule has 180 valence electrons. The van der Waals surface area contributed by atoms with Crippen molar-refractivity contribution in [1.29, 1.82) is 0 Å². The van der Waals surface area contributed by atoms with Gasteiger partial charge in [0.1, 0.15) is 12.9 Å². The van der Waals surface area contributed by atoms with Crippen LogP contribution in [0, 0.1) is 6.92 Å². The summed E-state index contributed by atoms with van der Waals surface area (Å²) in [4.78, 5) is 33.6. The van der Waals surface area contributed by atoms with E-state index < -0.39 is 6.10 Å². The molecule has 2 bridgehead atoms. The number of cyclic esters (lactones) is 1. The number of likely N-dealkylation sites (tertiary alicyclic amines) is 1. The van der Waals surface area contributed by atoms with E-state index in [-0.39, 0.29) is 30.6 Å². The Bertz CT molecular complexity index is 1260. The van der Waals surface area contributed by atoms with Gasteiger partial charge < -0.3 is 14.7 Å². The summed E-state index contributed by atoms with van der Waals surface area (Å²) in [5, 5.41) is 22.1. The van der Waals surface area contributed by atoms with Crippen LogP contribution in [-0.4, -0.2) is 83.7 Å². The Labute approximate surface area is 201 Å². The molecule has 35 heavy (non-hydrogen) atoms. The van der Waals surface area contributed by atoms with E-state index in [1.54, 1.807) is 24.4 Å². The fourth-order valence-corrected chi connectivity index (χ4v) is 5.58. The number of tetrazole rings is 1. The highest BCUT2D eigenvalue weighted by molar-refractivity contribution is 5.94. The lowest BCUT2D eigenvalue weighted by Crippen LogP contribution is -2.56. The third-order valence-corrected chi connectivity index (χ3v) is 7.45. The van der Waals surface area contributed by atoms with Crippen molar-refractivity contribution in [2.45, 2.75) is 44.6 Å². The molecular weight excluding hydrogens is 450 g/mol. The molecule has 0 radical (unpaired) electrons. The van der Waals surface area contributed by atoms with Crippen LogP contribution in [0.2, 0.25) is 0 Å². The zero-order chi connectivity index (χ0) is 24.1. The number of pyridine rings is 1. The fourth-order valence-electron chi connectivity index (χ4n) is 5.58. The Morgan fingerprint density at radius 1 is 1.20 bits per heavy atom. The van der Waals surface area contributed by atoms with Gasteiger partial charge in [0.05, 0.1) is 17.2 Å². The molecule has 0 saturated carbocycles. The van der Waals surface area contributed by atoms with Crippen LogP contribution in [-0.2, 0) is 11.3 Å². The second-order valence-electron chi connectivity index (χ2n) is 9.35. The molecule has 2 saturated heterocycles. The second-order valence-corrected chi connectivity index (χ2v) is 9.35. The summed E-state index contributed by atoms with van der Waals surface area (Å²) in [5.41, 5.74) is 3.73. The number of hydrogen-bond acceptors (Lipinski definition) is 9. The highest BCUT2D eigenvalue weighted by atomic mass is 16.5. The smallest absolute Gasteiger partial charge is 0.338 e. The topological polar surface area (TPSA) is 127 Å². The van der Waals surface area contributed by atoms with E-state index in [0.717, 1.165) is 29.5 Å². The number of amides is 1. The van der Waals surface area contributed by atoms with Crippen molar-refractivity contribution < 1.29 is 19.4 Å². The predicted octanol–water partition coefficient (Wildman–Crippen LogP) is 1.06. The molecule has 2 aromatic heterocycles. The van der Waals surface area contributed by atoms with Gasteiger partial charge in [-0.05, 0) is 59.5 Å². The van der Waals surface area contributed by atoms with Gasteiger partial charge >= 0.3 is 5.97 Å². The molecule has 11 heteroatoms. The van der Waals surface area contributed by atoms with Gasteiger partial charge in [-0.25, -0.2) is 9.78 Å². The third kappa shape index (κ3) is 3.76. The van der Waals surface area contributed by atoms with Gasteiger partial charge in [-0.1, -0.05) is 6.07 Å². The van der Waals surface area contributed by atoms with Gasteiger partial charge in [-0.3, -0.25) is 9.69 Å². The van der Waals surface area contributed by atoms with E-state index in [0.29, 0.717) is 36.6 Å². The molecule has 11 nitrogen and oxygen atoms in total. The van der Waals surface area contributed by atoms with Crippen LogP contribution in [0.3, 0.4) is 0 Å². The average molecular weight is 476 g/mol. The number of esters is 1. The second kappa shape index (κ2) is 8.51. The van der Waals surface area contributed by atoms with Crippen molar-refractivity contribution in [3.63, 3.8) is 0 Å².